The average Bonchev–Trinajstić information content (AvgIpc) is 2.82. The number of anilines is 1. The van der Waals surface area contributed by atoms with E-state index in [2.05, 4.69) is 31.9 Å². The van der Waals surface area contributed by atoms with Gasteiger partial charge in [0, 0.05) is 5.70 Å². The summed E-state index contributed by atoms with van der Waals surface area (Å²) in [7, 11) is 2.75. The van der Waals surface area contributed by atoms with Crippen LogP contribution in [0.3, 0.4) is 0 Å². The number of thiocarbonyl (C=S) groups is 1. The molecule has 34 heavy (non-hydrogen) atoms. The Morgan fingerprint density at radius 3 is 2.68 bits per heavy atom. The molecular weight excluding hydrogens is 524 g/mol. The third kappa shape index (κ3) is 5.30. The normalized spacial score (nSPS) is 14.9. The number of allylic oxidation sites excluding steroid dienone is 1. The van der Waals surface area contributed by atoms with Crippen molar-refractivity contribution in [2.75, 3.05) is 26.1 Å². The molecule has 1 heterocycles. The molecule has 0 fully saturated rings. The van der Waals surface area contributed by atoms with Crippen LogP contribution in [0, 0.1) is 11.3 Å². The van der Waals surface area contributed by atoms with E-state index in [4.69, 9.17) is 31.7 Å². The first-order valence-corrected chi connectivity index (χ1v) is 11.1. The summed E-state index contributed by atoms with van der Waals surface area (Å²) in [6.45, 7) is 1.58. The summed E-state index contributed by atoms with van der Waals surface area (Å²) in [6.07, 6.45) is 0. The number of hydrogen-bond acceptors (Lipinski definition) is 7. The van der Waals surface area contributed by atoms with Gasteiger partial charge in [0.1, 0.15) is 6.07 Å². The summed E-state index contributed by atoms with van der Waals surface area (Å²) in [5, 5.41) is 18.1. The van der Waals surface area contributed by atoms with Crippen molar-refractivity contribution in [3.8, 4) is 17.6 Å². The molecule has 0 bridgehead atoms. The highest BCUT2D eigenvalue weighted by Crippen LogP contribution is 2.40. The molecule has 0 aliphatic carbocycles. The molecule has 0 spiro atoms. The number of halogens is 1. The minimum atomic E-state index is -0.644. The highest BCUT2D eigenvalue weighted by atomic mass is 79.9. The highest BCUT2D eigenvalue weighted by molar-refractivity contribution is 9.10. The molecule has 1 amide bonds. The maximum atomic E-state index is 13.4. The number of carbonyl (C=O) groups excluding carboxylic acids is 2. The Kier molecular flexibility index (Phi) is 8.09. The van der Waals surface area contributed by atoms with E-state index >= 15 is 0 Å². The standard InChI is InChI=1S/C23H21BrN4O5S/c1-12-18(21(29)27-16-7-5-4-6-14(16)22(30)32-3)19(28-23(34)26-12)13-10-15(24)20(33-9-8-25)17(11-13)31-2/h4-7,10-11,19H,9H2,1-3H3,(H,27,29)(H2,26,28,34)/t19-/m1/s1. The molecule has 0 saturated heterocycles. The Labute approximate surface area is 210 Å². The molecule has 1 aliphatic rings. The van der Waals surface area contributed by atoms with Crippen LogP contribution < -0.4 is 25.4 Å². The van der Waals surface area contributed by atoms with E-state index in [9.17, 15) is 9.59 Å². The number of nitrogens with one attached hydrogen (secondary N) is 3. The summed E-state index contributed by atoms with van der Waals surface area (Å²) in [4.78, 5) is 25.6. The van der Waals surface area contributed by atoms with Crippen molar-refractivity contribution >= 4 is 50.8 Å². The zero-order valence-electron chi connectivity index (χ0n) is 18.5. The maximum absolute atomic E-state index is 13.4. The van der Waals surface area contributed by atoms with E-state index in [0.717, 1.165) is 0 Å². The molecule has 3 rings (SSSR count). The second kappa shape index (κ2) is 11.0. The van der Waals surface area contributed by atoms with Gasteiger partial charge in [-0.3, -0.25) is 4.79 Å². The van der Waals surface area contributed by atoms with Crippen molar-refractivity contribution in [2.24, 2.45) is 0 Å². The molecule has 9 nitrogen and oxygen atoms in total. The lowest BCUT2D eigenvalue weighted by Gasteiger charge is -2.31. The number of amides is 1. The third-order valence-electron chi connectivity index (χ3n) is 4.96. The fourth-order valence-corrected chi connectivity index (χ4v) is 4.31. The quantitative estimate of drug-likeness (QED) is 0.354. The molecule has 0 aromatic heterocycles. The van der Waals surface area contributed by atoms with Gasteiger partial charge in [0.15, 0.2) is 23.2 Å². The fraction of sp³-hybridized carbons (Fsp3) is 0.217. The molecule has 176 valence electrons. The van der Waals surface area contributed by atoms with Crippen molar-refractivity contribution in [1.82, 2.24) is 10.6 Å². The summed E-state index contributed by atoms with van der Waals surface area (Å²) >= 11 is 8.78. The van der Waals surface area contributed by atoms with Gasteiger partial charge in [-0.05, 0) is 64.9 Å². The van der Waals surface area contributed by atoms with E-state index in [-0.39, 0.29) is 12.2 Å². The number of rotatable bonds is 7. The van der Waals surface area contributed by atoms with Crippen LogP contribution in [-0.4, -0.2) is 37.8 Å². The van der Waals surface area contributed by atoms with Gasteiger partial charge in [0.05, 0.1) is 41.6 Å². The van der Waals surface area contributed by atoms with Gasteiger partial charge in [-0.1, -0.05) is 12.1 Å². The van der Waals surface area contributed by atoms with E-state index < -0.39 is 17.9 Å². The van der Waals surface area contributed by atoms with Crippen molar-refractivity contribution in [3.63, 3.8) is 0 Å². The number of nitrogens with zero attached hydrogens (tertiary/aromatic N) is 1. The average molecular weight is 545 g/mol. The van der Waals surface area contributed by atoms with Crippen LogP contribution in [0.2, 0.25) is 0 Å². The second-order valence-electron chi connectivity index (χ2n) is 7.04. The van der Waals surface area contributed by atoms with Crippen LogP contribution in [0.25, 0.3) is 0 Å². The van der Waals surface area contributed by atoms with Gasteiger partial charge in [-0.25, -0.2) is 4.79 Å². The molecule has 0 radical (unpaired) electrons. The molecule has 3 N–H and O–H groups in total. The number of methoxy groups -OCH3 is 2. The zero-order chi connectivity index (χ0) is 24.8. The molecule has 1 atom stereocenters. The molecule has 11 heteroatoms. The number of hydrogen-bond donors (Lipinski definition) is 3. The summed E-state index contributed by atoms with van der Waals surface area (Å²) in [5.41, 5.74) is 2.09. The monoisotopic (exact) mass is 544 g/mol. The first kappa shape index (κ1) is 25.0. The lowest BCUT2D eigenvalue weighted by atomic mass is 9.94. The van der Waals surface area contributed by atoms with Crippen molar-refractivity contribution in [3.05, 3.63) is 63.3 Å². The number of carbonyl (C=O) groups is 2. The summed E-state index contributed by atoms with van der Waals surface area (Å²) in [6, 6.07) is 11.3. The van der Waals surface area contributed by atoms with Gasteiger partial charge in [-0.15, -0.1) is 0 Å². The van der Waals surface area contributed by atoms with Crippen LogP contribution in [-0.2, 0) is 9.53 Å². The number of esters is 1. The van der Waals surface area contributed by atoms with Crippen molar-refractivity contribution in [2.45, 2.75) is 13.0 Å². The lowest BCUT2D eigenvalue weighted by molar-refractivity contribution is -0.113. The van der Waals surface area contributed by atoms with Crippen LogP contribution in [0.1, 0.15) is 28.9 Å². The molecule has 1 aliphatic heterocycles. The predicted octanol–water partition coefficient (Wildman–Crippen LogP) is 3.58. The molecule has 2 aromatic carbocycles. The Morgan fingerprint density at radius 2 is 2.00 bits per heavy atom. The second-order valence-corrected chi connectivity index (χ2v) is 8.30. The van der Waals surface area contributed by atoms with E-state index in [1.165, 1.54) is 14.2 Å². The number of ether oxygens (including phenoxy) is 3. The molecular formula is C23H21BrN4O5S. The van der Waals surface area contributed by atoms with Gasteiger partial charge in [0.2, 0.25) is 0 Å². The minimum absolute atomic E-state index is 0.156. The Bertz CT molecular complexity index is 1220. The van der Waals surface area contributed by atoms with E-state index in [1.807, 2.05) is 6.07 Å². The molecule has 0 unspecified atom stereocenters. The van der Waals surface area contributed by atoms with Crippen LogP contribution >= 0.6 is 28.1 Å². The highest BCUT2D eigenvalue weighted by Gasteiger charge is 2.32. The van der Waals surface area contributed by atoms with Gasteiger partial charge in [-0.2, -0.15) is 5.26 Å². The Hall–Kier alpha value is -3.62. The minimum Gasteiger partial charge on any atom is -0.493 e. The van der Waals surface area contributed by atoms with Crippen LogP contribution in [0.15, 0.2) is 52.1 Å². The Morgan fingerprint density at radius 1 is 1.26 bits per heavy atom. The van der Waals surface area contributed by atoms with Crippen LogP contribution in [0.4, 0.5) is 5.69 Å². The number of nitriles is 1. The first-order valence-electron chi connectivity index (χ1n) is 9.94. The number of benzene rings is 2. The van der Waals surface area contributed by atoms with Crippen LogP contribution in [0.5, 0.6) is 11.5 Å². The summed E-state index contributed by atoms with van der Waals surface area (Å²) in [5.74, 6) is -0.274. The SMILES string of the molecule is COC(=O)c1ccccc1NC(=O)C1=C(C)NC(=S)N[C@@H]1c1cc(Br)c(OCC#N)c(OC)c1. The van der Waals surface area contributed by atoms with Gasteiger partial charge in [0.25, 0.3) is 5.91 Å². The molecule has 2 aromatic rings. The predicted molar refractivity (Wildman–Crippen MR) is 133 cm³/mol. The van der Waals surface area contributed by atoms with Gasteiger partial charge >= 0.3 is 5.97 Å². The van der Waals surface area contributed by atoms with Gasteiger partial charge < -0.3 is 30.2 Å². The lowest BCUT2D eigenvalue weighted by Crippen LogP contribution is -2.45. The van der Waals surface area contributed by atoms with E-state index in [0.29, 0.717) is 43.6 Å². The summed E-state index contributed by atoms with van der Waals surface area (Å²) < 4.78 is 16.3. The number of para-hydroxylation sites is 1. The third-order valence-corrected chi connectivity index (χ3v) is 5.77. The zero-order valence-corrected chi connectivity index (χ0v) is 20.9. The fourth-order valence-electron chi connectivity index (χ4n) is 3.47. The largest absolute Gasteiger partial charge is 0.493 e. The molecule has 0 saturated carbocycles. The van der Waals surface area contributed by atoms with E-state index in [1.54, 1.807) is 43.3 Å². The van der Waals surface area contributed by atoms with Crippen molar-refractivity contribution in [1.29, 1.82) is 5.26 Å². The maximum Gasteiger partial charge on any atom is 0.339 e. The smallest absolute Gasteiger partial charge is 0.339 e. The first-order chi connectivity index (χ1) is 16.3. The Balaban J connectivity index is 2.02. The van der Waals surface area contributed by atoms with Crippen molar-refractivity contribution < 1.29 is 23.8 Å². The topological polar surface area (TPSA) is 122 Å².